The predicted molar refractivity (Wildman–Crippen MR) is 409 cm³/mol. The van der Waals surface area contributed by atoms with Gasteiger partial charge in [0.25, 0.3) is 5.24 Å². The maximum absolute atomic E-state index is 12.5. The Morgan fingerprint density at radius 3 is 1.18 bits per heavy atom. The minimum atomic E-state index is -0.454. The van der Waals surface area contributed by atoms with Crippen LogP contribution < -0.4 is 31.1 Å². The number of carbonyl (C=O) groups excluding carboxylic acids is 5. The average Bonchev–Trinajstić information content (AvgIpc) is 1.60. The number of piperazine rings is 3. The molecule has 546 valence electrons. The second kappa shape index (κ2) is 33.7. The first-order valence-corrected chi connectivity index (χ1v) is 36.2. The lowest BCUT2D eigenvalue weighted by molar-refractivity contribution is 0.0524. The maximum atomic E-state index is 12.5. The molecule has 3 fully saturated rings. The maximum Gasteiger partial charge on any atom is 0.410 e. The summed E-state index contributed by atoms with van der Waals surface area (Å²) in [6, 6.07) is 51.2. The van der Waals surface area contributed by atoms with Crippen LogP contribution in [0.15, 0.2) is 183 Å². The molecule has 10 aromatic rings. The van der Waals surface area contributed by atoms with Crippen molar-refractivity contribution in [2.24, 2.45) is 0 Å². The van der Waals surface area contributed by atoms with Gasteiger partial charge in [0.2, 0.25) is 11.9 Å². The number of fused-ring (bicyclic) bond motifs is 6. The smallest absolute Gasteiger partial charge is 0.410 e. The van der Waals surface area contributed by atoms with E-state index in [0.29, 0.717) is 81.9 Å². The molecule has 0 unspecified atom stereocenters. The zero-order valence-electron chi connectivity index (χ0n) is 60.0. The zero-order chi connectivity index (χ0) is 73.6. The number of esters is 1. The van der Waals surface area contributed by atoms with Gasteiger partial charge in [-0.1, -0.05) is 91.0 Å². The Bertz CT molecular complexity index is 4770. The van der Waals surface area contributed by atoms with Crippen LogP contribution in [0.3, 0.4) is 0 Å². The van der Waals surface area contributed by atoms with Crippen molar-refractivity contribution in [3.05, 3.63) is 250 Å². The molecule has 24 nitrogen and oxygen atoms in total. The Morgan fingerprint density at radius 2 is 0.811 bits per heavy atom. The van der Waals surface area contributed by atoms with E-state index in [2.05, 4.69) is 72.6 Å². The van der Waals surface area contributed by atoms with Gasteiger partial charge in [0.05, 0.1) is 17.7 Å². The van der Waals surface area contributed by atoms with Gasteiger partial charge in [-0.15, -0.1) is 0 Å². The number of carbonyl (C=O) groups is 5. The van der Waals surface area contributed by atoms with Crippen LogP contribution in [0.4, 0.5) is 60.4 Å². The number of halogens is 1. The van der Waals surface area contributed by atoms with Gasteiger partial charge in [-0.2, -0.15) is 9.97 Å². The number of aryl methyl sites for hydroxylation is 5. The first-order chi connectivity index (χ1) is 51.6. The van der Waals surface area contributed by atoms with Crippen LogP contribution in [0.2, 0.25) is 0 Å². The molecule has 3 saturated heterocycles. The van der Waals surface area contributed by atoms with Gasteiger partial charge in [-0.25, -0.2) is 29.1 Å². The van der Waals surface area contributed by atoms with Gasteiger partial charge in [0.1, 0.15) is 31.5 Å². The summed E-state index contributed by atoms with van der Waals surface area (Å²) < 4.78 is 25.5. The van der Waals surface area contributed by atoms with Crippen molar-refractivity contribution in [3.63, 3.8) is 0 Å². The molecule has 6 aromatic carbocycles. The summed E-state index contributed by atoms with van der Waals surface area (Å²) in [7, 11) is 0. The highest BCUT2D eigenvalue weighted by Crippen LogP contribution is 2.33. The van der Waals surface area contributed by atoms with Crippen molar-refractivity contribution in [2.75, 3.05) is 116 Å². The molecule has 4 aromatic heterocycles. The Balaban J connectivity index is 0.000000146. The molecule has 25 heteroatoms. The average molecular weight is 1450 g/mol. The Hall–Kier alpha value is -11.9. The van der Waals surface area contributed by atoms with E-state index in [1.807, 2.05) is 170 Å². The van der Waals surface area contributed by atoms with Crippen LogP contribution in [0.1, 0.15) is 83.5 Å². The van der Waals surface area contributed by atoms with E-state index in [1.165, 1.54) is 0 Å². The monoisotopic (exact) mass is 1450 g/mol. The van der Waals surface area contributed by atoms with Crippen LogP contribution in [-0.4, -0.2) is 158 Å². The molecule has 5 aliphatic heterocycles. The van der Waals surface area contributed by atoms with Crippen LogP contribution in [-0.2, 0) is 64.5 Å². The number of nitrogens with two attached hydrogens (primary N) is 1. The zero-order valence-corrected chi connectivity index (χ0v) is 60.7. The summed E-state index contributed by atoms with van der Waals surface area (Å²) >= 11 is 5.76. The fourth-order valence-corrected chi connectivity index (χ4v) is 13.7. The summed E-state index contributed by atoms with van der Waals surface area (Å²) in [6.45, 7) is 17.4. The van der Waals surface area contributed by atoms with Crippen LogP contribution >= 0.6 is 11.6 Å². The third-order valence-corrected chi connectivity index (χ3v) is 19.8. The third kappa shape index (κ3) is 17.5. The molecule has 0 spiro atoms. The van der Waals surface area contributed by atoms with Crippen molar-refractivity contribution in [1.29, 1.82) is 0 Å². The van der Waals surface area contributed by atoms with Crippen LogP contribution in [0.25, 0.3) is 11.6 Å². The van der Waals surface area contributed by atoms with Crippen LogP contribution in [0.5, 0.6) is 0 Å². The van der Waals surface area contributed by atoms with Gasteiger partial charge < -0.3 is 73.8 Å². The molecule has 106 heavy (non-hydrogen) atoms. The second-order valence-electron chi connectivity index (χ2n) is 26.5. The third-order valence-electron chi connectivity index (χ3n) is 19.6. The second-order valence-corrected chi connectivity index (χ2v) is 26.8. The van der Waals surface area contributed by atoms with Crippen molar-refractivity contribution in [2.45, 2.75) is 73.2 Å². The number of nitrogen functional groups attached to an aromatic ring is 1. The topological polar surface area (TPSA) is 253 Å². The van der Waals surface area contributed by atoms with E-state index in [9.17, 15) is 24.0 Å². The van der Waals surface area contributed by atoms with E-state index in [0.717, 1.165) is 160 Å². The summed E-state index contributed by atoms with van der Waals surface area (Å²) in [5.74, 6) is 2.21. The molecule has 0 radical (unpaired) electrons. The molecule has 5 aliphatic rings. The Morgan fingerprint density at radius 1 is 0.443 bits per heavy atom. The van der Waals surface area contributed by atoms with E-state index in [4.69, 9.17) is 46.3 Å². The molecule has 4 N–H and O–H groups in total. The first-order valence-electron chi connectivity index (χ1n) is 35.8. The minimum absolute atomic E-state index is 0.244. The summed E-state index contributed by atoms with van der Waals surface area (Å²) in [4.78, 5) is 92.2. The first kappa shape index (κ1) is 72.4. The number of amides is 3. The quantitative estimate of drug-likeness (QED) is 0.0352. The molecule has 15 rings (SSSR count). The number of benzene rings is 6. The fourth-order valence-electron chi connectivity index (χ4n) is 13.5. The van der Waals surface area contributed by atoms with Gasteiger partial charge in [0, 0.05) is 160 Å². The van der Waals surface area contributed by atoms with Crippen molar-refractivity contribution in [1.82, 2.24) is 43.8 Å². The number of hydrogen-bond acceptors (Lipinski definition) is 19. The van der Waals surface area contributed by atoms with Crippen molar-refractivity contribution >= 4 is 87.1 Å². The lowest BCUT2D eigenvalue weighted by Crippen LogP contribution is -2.49. The van der Waals surface area contributed by atoms with Gasteiger partial charge in [-0.3, -0.25) is 4.79 Å². The number of anilines is 8. The fraction of sp³-hybridized carbons (Fsp3) is 0.296. The lowest BCUT2D eigenvalue weighted by Gasteiger charge is -2.35. The molecular weight excluding hydrogens is 1360 g/mol. The van der Waals surface area contributed by atoms with Crippen molar-refractivity contribution in [3.8, 4) is 11.6 Å². The standard InChI is InChI=1S/C32H34N6O4.C30H29ClN6O3.C19H23N3O2/c1-3-41-30(39)26-13-14-38-28(26)12-9-24-20-33-31(35-29(24)38)34-27-11-10-25(19-22(27)2)36-15-17-37(18-16-36)32(40)42-21-23-7-5-4-6-8-23;1-20-17-23(35-13-15-36(16-14-35)30(39)40-19-21-5-3-2-4-6-21)8-9-25(20)33-29-32-18-22-7-10-26-24(27(31)38)11-12-37(26)28(22)34-29;1-15-13-17(7-8-18(15)20)21-9-11-22(12-10-21)19(23)24-14-16-5-3-2-4-6-16/h4-8,10-11,13-14,19-20H,3,9,12,15-18,21H2,1-2H3,(H,33,34,35);2-6,8-9,11-12,17-18H,7,10,13-16,19H2,1H3,(H,32,33,34);2-8,13H,9-12,14,20H2,1H3. The van der Waals surface area contributed by atoms with Gasteiger partial charge >= 0.3 is 24.2 Å². The summed E-state index contributed by atoms with van der Waals surface area (Å²) in [5.41, 5.74) is 23.0. The van der Waals surface area contributed by atoms with Crippen molar-refractivity contribution < 1.29 is 42.9 Å². The number of nitrogens with zero attached hydrogens (tertiary/aromatic N) is 12. The lowest BCUT2D eigenvalue weighted by atomic mass is 10.0. The molecule has 0 atom stereocenters. The van der Waals surface area contributed by atoms with E-state index >= 15 is 0 Å². The molecule has 0 bridgehead atoms. The number of nitrogens with one attached hydrogen (secondary N) is 2. The van der Waals surface area contributed by atoms with Crippen LogP contribution in [0, 0.1) is 20.8 Å². The molecule has 9 heterocycles. The largest absolute Gasteiger partial charge is 0.462 e. The summed E-state index contributed by atoms with van der Waals surface area (Å²) in [6.07, 6.45) is 9.57. The van der Waals surface area contributed by atoms with E-state index in [1.54, 1.807) is 26.8 Å². The predicted octanol–water partition coefficient (Wildman–Crippen LogP) is 13.3. The summed E-state index contributed by atoms with van der Waals surface area (Å²) in [5, 5.41) is 6.26. The minimum Gasteiger partial charge on any atom is -0.462 e. The van der Waals surface area contributed by atoms with Gasteiger partial charge in [-0.05, 0) is 165 Å². The highest BCUT2D eigenvalue weighted by molar-refractivity contribution is 6.67. The Kier molecular flexibility index (Phi) is 23.0. The highest BCUT2D eigenvalue weighted by atomic mass is 35.5. The Labute approximate surface area is 621 Å². The molecule has 0 saturated carbocycles. The molecule has 0 aliphatic carbocycles. The number of aromatic nitrogens is 6. The normalized spacial score (nSPS) is 14.3. The number of hydrogen-bond donors (Lipinski definition) is 3. The SMILES string of the molecule is CCOC(=O)c1ccn2c1CCc1cnc(Nc3ccc(N4CCN(C(=O)OCc5ccccc5)CC4)cc3C)nc1-2.Cc1cc(N2CCN(C(=O)OCc3ccccc3)CC2)ccc1N.Cc1cc(N2CCN(C(=O)OCc3ccccc3)CC2)ccc1Nc1ncc2c(n1)-n1ccc(C(=O)Cl)c1CC2. The molecule has 3 amide bonds. The van der Waals surface area contributed by atoms with E-state index in [-0.39, 0.29) is 37.5 Å². The highest BCUT2D eigenvalue weighted by Gasteiger charge is 2.29. The van der Waals surface area contributed by atoms with Gasteiger partial charge in [0.15, 0.2) is 0 Å². The van der Waals surface area contributed by atoms with E-state index < -0.39 is 5.24 Å². The molecular formula is C81H86ClN15O9. The number of rotatable bonds is 16. The number of ether oxygens (including phenoxy) is 4.